The van der Waals surface area contributed by atoms with Crippen LogP contribution in [0.1, 0.15) is 32.1 Å². The van der Waals surface area contributed by atoms with Crippen LogP contribution in [0.4, 0.5) is 0 Å². The van der Waals surface area contributed by atoms with E-state index in [0.717, 1.165) is 25.7 Å². The lowest BCUT2D eigenvalue weighted by Gasteiger charge is -2.35. The molecule has 0 atom stereocenters. The standard InChI is InChI=1S/C10H20ClNO3S/c11-6-7-16(14,15)12-8-10(9-13)4-2-1-3-5-10/h12-13H,1-9H2. The number of halogens is 1. The Hall–Kier alpha value is 0.160. The van der Waals surface area contributed by atoms with Gasteiger partial charge in [0.1, 0.15) is 0 Å². The maximum atomic E-state index is 11.5. The predicted octanol–water partition coefficient (Wildman–Crippen LogP) is 1.09. The molecule has 1 aliphatic carbocycles. The fourth-order valence-corrected chi connectivity index (χ4v) is 3.61. The highest BCUT2D eigenvalue weighted by Gasteiger charge is 2.32. The molecule has 0 amide bonds. The summed E-state index contributed by atoms with van der Waals surface area (Å²) in [5, 5.41) is 9.41. The number of aliphatic hydroxyl groups excluding tert-OH is 1. The summed E-state index contributed by atoms with van der Waals surface area (Å²) in [6, 6.07) is 0. The molecule has 0 unspecified atom stereocenters. The van der Waals surface area contributed by atoms with Gasteiger partial charge in [-0.1, -0.05) is 19.3 Å². The van der Waals surface area contributed by atoms with Crippen LogP contribution < -0.4 is 4.72 Å². The predicted molar refractivity (Wildman–Crippen MR) is 65.1 cm³/mol. The van der Waals surface area contributed by atoms with Gasteiger partial charge in [0.05, 0.1) is 5.75 Å². The lowest BCUT2D eigenvalue weighted by atomic mass is 9.75. The lowest BCUT2D eigenvalue weighted by Crippen LogP contribution is -2.42. The lowest BCUT2D eigenvalue weighted by molar-refractivity contribution is 0.0867. The zero-order chi connectivity index (χ0) is 12.1. The summed E-state index contributed by atoms with van der Waals surface area (Å²) in [6.45, 7) is 0.388. The summed E-state index contributed by atoms with van der Waals surface area (Å²) in [4.78, 5) is 0. The fraction of sp³-hybridized carbons (Fsp3) is 1.00. The van der Waals surface area contributed by atoms with E-state index in [9.17, 15) is 13.5 Å². The van der Waals surface area contributed by atoms with Crippen molar-refractivity contribution in [3.63, 3.8) is 0 Å². The van der Waals surface area contributed by atoms with Crippen molar-refractivity contribution >= 4 is 21.6 Å². The van der Waals surface area contributed by atoms with Crippen LogP contribution in [0, 0.1) is 5.41 Å². The highest BCUT2D eigenvalue weighted by Crippen LogP contribution is 2.35. The van der Waals surface area contributed by atoms with Gasteiger partial charge in [0.15, 0.2) is 0 Å². The van der Waals surface area contributed by atoms with Crippen molar-refractivity contribution in [2.45, 2.75) is 32.1 Å². The van der Waals surface area contributed by atoms with Crippen molar-refractivity contribution in [1.29, 1.82) is 0 Å². The molecule has 1 aliphatic rings. The molecule has 0 saturated heterocycles. The van der Waals surface area contributed by atoms with Gasteiger partial charge in [0.2, 0.25) is 10.0 Å². The van der Waals surface area contributed by atoms with E-state index in [-0.39, 0.29) is 23.7 Å². The molecule has 0 aromatic carbocycles. The summed E-state index contributed by atoms with van der Waals surface area (Å²) in [7, 11) is -3.27. The minimum Gasteiger partial charge on any atom is -0.396 e. The van der Waals surface area contributed by atoms with Crippen LogP contribution >= 0.6 is 11.6 Å². The molecule has 0 radical (unpaired) electrons. The van der Waals surface area contributed by atoms with Crippen molar-refractivity contribution < 1.29 is 13.5 Å². The first-order chi connectivity index (χ1) is 7.54. The molecule has 1 rings (SSSR count). The molecule has 1 fully saturated rings. The highest BCUT2D eigenvalue weighted by atomic mass is 35.5. The normalized spacial score (nSPS) is 20.9. The van der Waals surface area contributed by atoms with Crippen LogP contribution in [0.25, 0.3) is 0 Å². The SMILES string of the molecule is O=S(=O)(CCCl)NCC1(CO)CCCCC1. The molecule has 0 bridgehead atoms. The van der Waals surface area contributed by atoms with Gasteiger partial charge in [0.25, 0.3) is 0 Å². The number of hydrogen-bond acceptors (Lipinski definition) is 3. The third kappa shape index (κ3) is 4.20. The Balaban J connectivity index is 2.50. The first-order valence-electron chi connectivity index (χ1n) is 5.68. The molecular formula is C10H20ClNO3S. The third-order valence-corrected chi connectivity index (χ3v) is 5.00. The molecule has 0 heterocycles. The number of alkyl halides is 1. The molecule has 2 N–H and O–H groups in total. The Morgan fingerprint density at radius 3 is 2.38 bits per heavy atom. The molecular weight excluding hydrogens is 250 g/mol. The smallest absolute Gasteiger partial charge is 0.212 e. The summed E-state index contributed by atoms with van der Waals surface area (Å²) in [6.07, 6.45) is 5.10. The Morgan fingerprint density at radius 1 is 1.25 bits per heavy atom. The fourth-order valence-electron chi connectivity index (χ4n) is 2.13. The van der Waals surface area contributed by atoms with Gasteiger partial charge in [-0.2, -0.15) is 0 Å². The van der Waals surface area contributed by atoms with Gasteiger partial charge < -0.3 is 5.11 Å². The van der Waals surface area contributed by atoms with E-state index >= 15 is 0 Å². The number of hydrogen-bond donors (Lipinski definition) is 2. The van der Waals surface area contributed by atoms with E-state index in [4.69, 9.17) is 11.6 Å². The second-order valence-electron chi connectivity index (χ2n) is 4.55. The van der Waals surface area contributed by atoms with Crippen LogP contribution in [0.15, 0.2) is 0 Å². The van der Waals surface area contributed by atoms with Crippen molar-refractivity contribution in [2.24, 2.45) is 5.41 Å². The topological polar surface area (TPSA) is 66.4 Å². The van der Waals surface area contributed by atoms with E-state index in [2.05, 4.69) is 4.72 Å². The van der Waals surface area contributed by atoms with Crippen molar-refractivity contribution in [3.8, 4) is 0 Å². The van der Waals surface area contributed by atoms with Gasteiger partial charge in [0, 0.05) is 24.4 Å². The quantitative estimate of drug-likeness (QED) is 0.710. The Kier molecular flexibility index (Phi) is 5.50. The largest absolute Gasteiger partial charge is 0.396 e. The van der Waals surface area contributed by atoms with Crippen LogP contribution in [-0.2, 0) is 10.0 Å². The highest BCUT2D eigenvalue weighted by molar-refractivity contribution is 7.89. The first kappa shape index (κ1) is 14.2. The molecule has 4 nitrogen and oxygen atoms in total. The Labute approximate surface area is 102 Å². The first-order valence-corrected chi connectivity index (χ1v) is 7.86. The average Bonchev–Trinajstić information content (AvgIpc) is 2.28. The van der Waals surface area contributed by atoms with Crippen LogP contribution in [0.2, 0.25) is 0 Å². The minimum absolute atomic E-state index is 0.0520. The maximum Gasteiger partial charge on any atom is 0.212 e. The molecule has 96 valence electrons. The second kappa shape index (κ2) is 6.19. The number of aliphatic hydroxyl groups is 1. The van der Waals surface area contributed by atoms with Crippen LogP contribution in [-0.4, -0.2) is 38.3 Å². The van der Waals surface area contributed by atoms with E-state index < -0.39 is 10.0 Å². The molecule has 0 aromatic heterocycles. The van der Waals surface area contributed by atoms with Crippen LogP contribution in [0.5, 0.6) is 0 Å². The zero-order valence-corrected chi connectivity index (χ0v) is 11.0. The monoisotopic (exact) mass is 269 g/mol. The summed E-state index contributed by atoms with van der Waals surface area (Å²) >= 11 is 5.41. The second-order valence-corrected chi connectivity index (χ2v) is 6.85. The van der Waals surface area contributed by atoms with Crippen LogP contribution in [0.3, 0.4) is 0 Å². The van der Waals surface area contributed by atoms with Gasteiger partial charge in [-0.15, -0.1) is 11.6 Å². The average molecular weight is 270 g/mol. The molecule has 0 spiro atoms. The summed E-state index contributed by atoms with van der Waals surface area (Å²) < 4.78 is 25.5. The molecule has 1 saturated carbocycles. The van der Waals surface area contributed by atoms with Crippen molar-refractivity contribution in [1.82, 2.24) is 4.72 Å². The van der Waals surface area contributed by atoms with Gasteiger partial charge in [-0.3, -0.25) is 0 Å². The van der Waals surface area contributed by atoms with E-state index in [0.29, 0.717) is 6.54 Å². The molecule has 0 aliphatic heterocycles. The number of nitrogens with one attached hydrogen (secondary N) is 1. The molecule has 6 heteroatoms. The summed E-state index contributed by atoms with van der Waals surface area (Å²) in [5.41, 5.74) is -0.252. The van der Waals surface area contributed by atoms with Crippen molar-refractivity contribution in [3.05, 3.63) is 0 Å². The zero-order valence-electron chi connectivity index (χ0n) is 9.41. The van der Waals surface area contributed by atoms with Gasteiger partial charge >= 0.3 is 0 Å². The Bertz CT molecular complexity index is 299. The maximum absolute atomic E-state index is 11.5. The van der Waals surface area contributed by atoms with Gasteiger partial charge in [-0.05, 0) is 12.8 Å². The van der Waals surface area contributed by atoms with E-state index in [1.165, 1.54) is 6.42 Å². The van der Waals surface area contributed by atoms with Crippen molar-refractivity contribution in [2.75, 3.05) is 24.8 Å². The van der Waals surface area contributed by atoms with Gasteiger partial charge in [-0.25, -0.2) is 13.1 Å². The third-order valence-electron chi connectivity index (χ3n) is 3.26. The van der Waals surface area contributed by atoms with E-state index in [1.807, 2.05) is 0 Å². The number of rotatable bonds is 6. The Morgan fingerprint density at radius 2 is 1.88 bits per heavy atom. The minimum atomic E-state index is -3.27. The molecule has 16 heavy (non-hydrogen) atoms. The number of sulfonamides is 1. The summed E-state index contributed by atoms with van der Waals surface area (Å²) in [5.74, 6) is 0.0392. The molecule has 0 aromatic rings. The van der Waals surface area contributed by atoms with E-state index in [1.54, 1.807) is 0 Å².